The molecule has 1 amide bonds. The summed E-state index contributed by atoms with van der Waals surface area (Å²) in [5, 5.41) is 5.91. The molecule has 186 valence electrons. The number of benzene rings is 1. The standard InChI is InChI=1S/C25H32F3N3O3/c1-24(16-29-2)9-11-31(12-10-24)20-4-3-18(25(26,27)28)15-19(20)30-23(32)22-6-5-21(34-22)17-7-13-33-14-8-17/h3-6,15,17,29H,7-14,16H2,1-2H3,(H,30,32). The molecule has 3 heterocycles. The fourth-order valence-corrected chi connectivity index (χ4v) is 4.84. The fraction of sp³-hybridized carbons (Fsp3) is 0.560. The molecule has 0 radical (unpaired) electrons. The summed E-state index contributed by atoms with van der Waals surface area (Å²) in [5.74, 6) is 0.415. The van der Waals surface area contributed by atoms with Crippen LogP contribution in [0.25, 0.3) is 0 Å². The number of amides is 1. The van der Waals surface area contributed by atoms with Crippen LogP contribution in [-0.2, 0) is 10.9 Å². The molecule has 2 aliphatic heterocycles. The summed E-state index contributed by atoms with van der Waals surface area (Å²) in [7, 11) is 1.92. The van der Waals surface area contributed by atoms with Crippen molar-refractivity contribution >= 4 is 17.3 Å². The molecule has 2 saturated heterocycles. The van der Waals surface area contributed by atoms with Gasteiger partial charge in [0.05, 0.1) is 16.9 Å². The van der Waals surface area contributed by atoms with Gasteiger partial charge in [-0.2, -0.15) is 13.2 Å². The number of hydrogen-bond donors (Lipinski definition) is 2. The van der Waals surface area contributed by atoms with Crippen molar-refractivity contribution in [3.63, 3.8) is 0 Å². The third kappa shape index (κ3) is 5.58. The minimum Gasteiger partial charge on any atom is -0.456 e. The number of carbonyl (C=O) groups excluding carboxylic acids is 1. The lowest BCUT2D eigenvalue weighted by Gasteiger charge is -2.41. The maximum Gasteiger partial charge on any atom is 0.416 e. The maximum atomic E-state index is 13.4. The van der Waals surface area contributed by atoms with E-state index < -0.39 is 17.6 Å². The average molecular weight is 480 g/mol. The van der Waals surface area contributed by atoms with Gasteiger partial charge in [0, 0.05) is 38.8 Å². The Labute approximate surface area is 197 Å². The van der Waals surface area contributed by atoms with Crippen molar-refractivity contribution in [1.29, 1.82) is 0 Å². The Bertz CT molecular complexity index is 991. The molecule has 34 heavy (non-hydrogen) atoms. The van der Waals surface area contributed by atoms with E-state index >= 15 is 0 Å². The van der Waals surface area contributed by atoms with E-state index in [2.05, 4.69) is 17.6 Å². The summed E-state index contributed by atoms with van der Waals surface area (Å²) in [4.78, 5) is 15.0. The van der Waals surface area contributed by atoms with E-state index in [-0.39, 0.29) is 22.8 Å². The van der Waals surface area contributed by atoms with Gasteiger partial charge in [-0.3, -0.25) is 4.79 Å². The maximum absolute atomic E-state index is 13.4. The lowest BCUT2D eigenvalue weighted by Crippen LogP contribution is -2.43. The van der Waals surface area contributed by atoms with Gasteiger partial charge in [0.2, 0.25) is 0 Å². The van der Waals surface area contributed by atoms with Crippen molar-refractivity contribution in [3.05, 3.63) is 47.4 Å². The van der Waals surface area contributed by atoms with E-state index in [0.717, 1.165) is 44.4 Å². The van der Waals surface area contributed by atoms with Gasteiger partial charge in [-0.1, -0.05) is 6.92 Å². The van der Waals surface area contributed by atoms with Crippen LogP contribution in [0, 0.1) is 5.41 Å². The van der Waals surface area contributed by atoms with E-state index in [0.29, 0.717) is 37.8 Å². The van der Waals surface area contributed by atoms with Crippen molar-refractivity contribution in [2.24, 2.45) is 5.41 Å². The van der Waals surface area contributed by atoms with Crippen LogP contribution in [0.3, 0.4) is 0 Å². The number of ether oxygens (including phenoxy) is 1. The molecule has 1 aromatic carbocycles. The number of carbonyl (C=O) groups is 1. The molecule has 9 heteroatoms. The number of halogens is 3. The highest BCUT2D eigenvalue weighted by molar-refractivity contribution is 6.04. The topological polar surface area (TPSA) is 66.7 Å². The summed E-state index contributed by atoms with van der Waals surface area (Å²) >= 11 is 0. The highest BCUT2D eigenvalue weighted by atomic mass is 19.4. The van der Waals surface area contributed by atoms with Crippen LogP contribution in [-0.4, -0.2) is 45.8 Å². The number of piperidine rings is 1. The zero-order chi connectivity index (χ0) is 24.3. The van der Waals surface area contributed by atoms with Crippen LogP contribution in [0.4, 0.5) is 24.5 Å². The first-order chi connectivity index (χ1) is 16.2. The van der Waals surface area contributed by atoms with E-state index in [9.17, 15) is 18.0 Å². The van der Waals surface area contributed by atoms with E-state index in [1.54, 1.807) is 12.1 Å². The summed E-state index contributed by atoms with van der Waals surface area (Å²) in [6.07, 6.45) is -1.09. The lowest BCUT2D eigenvalue weighted by molar-refractivity contribution is -0.137. The summed E-state index contributed by atoms with van der Waals surface area (Å²) in [6, 6.07) is 6.89. The predicted molar refractivity (Wildman–Crippen MR) is 124 cm³/mol. The summed E-state index contributed by atoms with van der Waals surface area (Å²) in [5.41, 5.74) is 0.0611. The van der Waals surface area contributed by atoms with Crippen molar-refractivity contribution in [1.82, 2.24) is 5.32 Å². The minimum atomic E-state index is -4.51. The minimum absolute atomic E-state index is 0.0880. The van der Waals surface area contributed by atoms with E-state index in [1.807, 2.05) is 11.9 Å². The average Bonchev–Trinajstić information content (AvgIpc) is 3.30. The molecular formula is C25H32F3N3O3. The molecule has 2 N–H and O–H groups in total. The Kier molecular flexibility index (Phi) is 7.23. The first-order valence-corrected chi connectivity index (χ1v) is 11.8. The summed E-state index contributed by atoms with van der Waals surface area (Å²) in [6.45, 7) is 5.77. The van der Waals surface area contributed by atoms with Crippen molar-refractivity contribution < 1.29 is 27.1 Å². The first kappa shape index (κ1) is 24.6. The van der Waals surface area contributed by atoms with Crippen molar-refractivity contribution in [2.75, 3.05) is 50.1 Å². The van der Waals surface area contributed by atoms with Gasteiger partial charge in [0.1, 0.15) is 5.76 Å². The molecule has 0 bridgehead atoms. The Balaban J connectivity index is 1.55. The fourth-order valence-electron chi connectivity index (χ4n) is 4.84. The largest absolute Gasteiger partial charge is 0.456 e. The number of rotatable bonds is 6. The molecular weight excluding hydrogens is 447 g/mol. The number of nitrogens with one attached hydrogen (secondary N) is 2. The number of hydrogen-bond acceptors (Lipinski definition) is 5. The normalized spacial score (nSPS) is 19.3. The second-order valence-electron chi connectivity index (χ2n) is 9.60. The highest BCUT2D eigenvalue weighted by Gasteiger charge is 2.34. The van der Waals surface area contributed by atoms with Crippen LogP contribution >= 0.6 is 0 Å². The number of anilines is 2. The zero-order valence-electron chi connectivity index (χ0n) is 19.6. The molecule has 0 atom stereocenters. The van der Waals surface area contributed by atoms with Crippen molar-refractivity contribution in [3.8, 4) is 0 Å². The smallest absolute Gasteiger partial charge is 0.416 e. The quantitative estimate of drug-likeness (QED) is 0.591. The van der Waals surface area contributed by atoms with Gasteiger partial charge in [-0.05, 0) is 68.5 Å². The molecule has 2 aromatic rings. The molecule has 1 aromatic heterocycles. The first-order valence-electron chi connectivity index (χ1n) is 11.8. The Morgan fingerprint density at radius 3 is 2.50 bits per heavy atom. The highest BCUT2D eigenvalue weighted by Crippen LogP contribution is 2.39. The molecule has 2 fully saturated rings. The third-order valence-corrected chi connectivity index (χ3v) is 6.96. The third-order valence-electron chi connectivity index (χ3n) is 6.96. The predicted octanol–water partition coefficient (Wildman–Crippen LogP) is 5.27. The number of furan rings is 1. The Morgan fingerprint density at radius 1 is 1.15 bits per heavy atom. The van der Waals surface area contributed by atoms with Gasteiger partial charge in [0.25, 0.3) is 5.91 Å². The zero-order valence-corrected chi connectivity index (χ0v) is 19.6. The van der Waals surface area contributed by atoms with E-state index in [4.69, 9.17) is 9.15 Å². The van der Waals surface area contributed by atoms with Crippen LogP contribution in [0.15, 0.2) is 34.7 Å². The monoisotopic (exact) mass is 479 g/mol. The molecule has 0 unspecified atom stereocenters. The second-order valence-corrected chi connectivity index (χ2v) is 9.60. The second kappa shape index (κ2) is 10.00. The molecule has 6 nitrogen and oxygen atoms in total. The molecule has 0 aliphatic carbocycles. The Morgan fingerprint density at radius 2 is 1.85 bits per heavy atom. The molecule has 4 rings (SSSR count). The van der Waals surface area contributed by atoms with Crippen LogP contribution in [0.1, 0.15) is 60.4 Å². The molecule has 0 spiro atoms. The Hall–Kier alpha value is -2.52. The van der Waals surface area contributed by atoms with Gasteiger partial charge < -0.3 is 24.7 Å². The van der Waals surface area contributed by atoms with Gasteiger partial charge >= 0.3 is 6.18 Å². The summed E-state index contributed by atoms with van der Waals surface area (Å²) < 4.78 is 51.5. The van der Waals surface area contributed by atoms with Gasteiger partial charge in [0.15, 0.2) is 5.76 Å². The van der Waals surface area contributed by atoms with Crippen molar-refractivity contribution in [2.45, 2.75) is 44.7 Å². The lowest BCUT2D eigenvalue weighted by atomic mass is 9.80. The van der Waals surface area contributed by atoms with Crippen LogP contribution in [0.2, 0.25) is 0 Å². The van der Waals surface area contributed by atoms with Crippen LogP contribution in [0.5, 0.6) is 0 Å². The SMILES string of the molecule is CNCC1(C)CCN(c2ccc(C(F)(F)F)cc2NC(=O)c2ccc(C3CCOCC3)o2)CC1. The molecule has 0 saturated carbocycles. The van der Waals surface area contributed by atoms with Gasteiger partial charge in [-0.15, -0.1) is 0 Å². The number of nitrogens with zero attached hydrogens (tertiary/aromatic N) is 1. The number of alkyl halides is 3. The molecule has 2 aliphatic rings. The van der Waals surface area contributed by atoms with Gasteiger partial charge in [-0.25, -0.2) is 0 Å². The van der Waals surface area contributed by atoms with Crippen LogP contribution < -0.4 is 15.5 Å². The van der Waals surface area contributed by atoms with E-state index in [1.165, 1.54) is 6.07 Å².